The van der Waals surface area contributed by atoms with Gasteiger partial charge in [-0.3, -0.25) is 4.79 Å². The SMILES string of the molecule is CCc1nnc(SCC(=O)Nc2cccc(Cl)c2Cl)o1. The van der Waals surface area contributed by atoms with Crippen LogP contribution in [-0.2, 0) is 11.2 Å². The molecule has 0 bridgehead atoms. The van der Waals surface area contributed by atoms with E-state index in [1.807, 2.05) is 6.92 Å². The van der Waals surface area contributed by atoms with Gasteiger partial charge in [0.15, 0.2) is 0 Å². The number of carbonyl (C=O) groups is 1. The first-order valence-corrected chi connectivity index (χ1v) is 7.53. The molecule has 1 N–H and O–H groups in total. The molecule has 5 nitrogen and oxygen atoms in total. The highest BCUT2D eigenvalue weighted by Gasteiger charge is 2.11. The fraction of sp³-hybridized carbons (Fsp3) is 0.250. The number of hydrogen-bond acceptors (Lipinski definition) is 5. The lowest BCUT2D eigenvalue weighted by Crippen LogP contribution is -2.14. The Balaban J connectivity index is 1.91. The van der Waals surface area contributed by atoms with Crippen LogP contribution in [0.3, 0.4) is 0 Å². The molecule has 8 heteroatoms. The monoisotopic (exact) mass is 331 g/mol. The number of rotatable bonds is 5. The number of amides is 1. The molecule has 1 aromatic heterocycles. The second-order valence-electron chi connectivity index (χ2n) is 3.75. The lowest BCUT2D eigenvalue weighted by atomic mass is 10.3. The van der Waals surface area contributed by atoms with E-state index in [4.69, 9.17) is 27.6 Å². The van der Waals surface area contributed by atoms with E-state index >= 15 is 0 Å². The molecular weight excluding hydrogens is 321 g/mol. The Morgan fingerprint density at radius 2 is 2.20 bits per heavy atom. The highest BCUT2D eigenvalue weighted by molar-refractivity contribution is 7.99. The molecule has 0 atom stereocenters. The van der Waals surface area contributed by atoms with Crippen LogP contribution in [0, 0.1) is 0 Å². The molecule has 0 spiro atoms. The molecule has 0 fully saturated rings. The number of benzene rings is 1. The van der Waals surface area contributed by atoms with Crippen molar-refractivity contribution in [2.45, 2.75) is 18.6 Å². The third-order valence-corrected chi connectivity index (χ3v) is 3.94. The van der Waals surface area contributed by atoms with Crippen molar-refractivity contribution in [1.29, 1.82) is 0 Å². The van der Waals surface area contributed by atoms with Crippen molar-refractivity contribution in [1.82, 2.24) is 10.2 Å². The number of thioether (sulfide) groups is 1. The number of nitrogens with zero attached hydrogens (tertiary/aromatic N) is 2. The fourth-order valence-corrected chi connectivity index (χ4v) is 2.28. The van der Waals surface area contributed by atoms with Crippen LogP contribution in [0.15, 0.2) is 27.8 Å². The van der Waals surface area contributed by atoms with Crippen molar-refractivity contribution in [3.05, 3.63) is 34.1 Å². The number of aromatic nitrogens is 2. The smallest absolute Gasteiger partial charge is 0.277 e. The highest BCUT2D eigenvalue weighted by atomic mass is 35.5. The summed E-state index contributed by atoms with van der Waals surface area (Å²) < 4.78 is 5.29. The molecule has 0 radical (unpaired) electrons. The van der Waals surface area contributed by atoms with Crippen molar-refractivity contribution >= 4 is 46.6 Å². The summed E-state index contributed by atoms with van der Waals surface area (Å²) in [5.41, 5.74) is 0.476. The maximum Gasteiger partial charge on any atom is 0.277 e. The maximum atomic E-state index is 11.8. The van der Waals surface area contributed by atoms with Crippen LogP contribution in [0.25, 0.3) is 0 Å². The lowest BCUT2D eigenvalue weighted by Gasteiger charge is -2.07. The Bertz CT molecular complexity index is 618. The zero-order valence-corrected chi connectivity index (χ0v) is 12.8. The minimum atomic E-state index is -0.226. The van der Waals surface area contributed by atoms with E-state index < -0.39 is 0 Å². The largest absolute Gasteiger partial charge is 0.416 e. The Morgan fingerprint density at radius 1 is 1.40 bits per heavy atom. The van der Waals surface area contributed by atoms with E-state index in [1.54, 1.807) is 18.2 Å². The molecule has 1 heterocycles. The summed E-state index contributed by atoms with van der Waals surface area (Å²) in [7, 11) is 0. The number of anilines is 1. The van der Waals surface area contributed by atoms with E-state index in [0.29, 0.717) is 33.3 Å². The molecular formula is C12H11Cl2N3O2S. The number of nitrogens with one attached hydrogen (secondary N) is 1. The van der Waals surface area contributed by atoms with Crippen molar-refractivity contribution in [2.24, 2.45) is 0 Å². The van der Waals surface area contributed by atoms with Crippen LogP contribution in [0.1, 0.15) is 12.8 Å². The summed E-state index contributed by atoms with van der Waals surface area (Å²) >= 11 is 13.0. The predicted octanol–water partition coefficient (Wildman–Crippen LogP) is 3.67. The topological polar surface area (TPSA) is 68.0 Å². The average molecular weight is 332 g/mol. The van der Waals surface area contributed by atoms with Gasteiger partial charge in [-0.25, -0.2) is 0 Å². The fourth-order valence-electron chi connectivity index (χ4n) is 1.35. The molecule has 0 saturated heterocycles. The molecule has 0 aliphatic carbocycles. The van der Waals surface area contributed by atoms with Gasteiger partial charge in [-0.05, 0) is 12.1 Å². The van der Waals surface area contributed by atoms with Gasteiger partial charge in [0.1, 0.15) is 0 Å². The third-order valence-electron chi connectivity index (χ3n) is 2.30. The first-order valence-electron chi connectivity index (χ1n) is 5.79. The minimum absolute atomic E-state index is 0.147. The van der Waals surface area contributed by atoms with Crippen molar-refractivity contribution in [3.8, 4) is 0 Å². The molecule has 2 rings (SSSR count). The summed E-state index contributed by atoms with van der Waals surface area (Å²) in [6.07, 6.45) is 0.665. The number of halogens is 2. The molecule has 0 unspecified atom stereocenters. The normalized spacial score (nSPS) is 10.6. The van der Waals surface area contributed by atoms with Gasteiger partial charge in [-0.2, -0.15) is 0 Å². The lowest BCUT2D eigenvalue weighted by molar-refractivity contribution is -0.113. The Labute approximate surface area is 130 Å². The van der Waals surface area contributed by atoms with E-state index in [1.165, 1.54) is 11.8 Å². The summed E-state index contributed by atoms with van der Waals surface area (Å²) in [4.78, 5) is 11.8. The van der Waals surface area contributed by atoms with Crippen LogP contribution in [0.5, 0.6) is 0 Å². The van der Waals surface area contributed by atoms with Crippen LogP contribution < -0.4 is 5.32 Å². The second kappa shape index (κ2) is 6.97. The van der Waals surface area contributed by atoms with Crippen molar-refractivity contribution in [2.75, 3.05) is 11.1 Å². The zero-order chi connectivity index (χ0) is 14.5. The van der Waals surface area contributed by atoms with Crippen molar-refractivity contribution in [3.63, 3.8) is 0 Å². The molecule has 2 aromatic rings. The second-order valence-corrected chi connectivity index (χ2v) is 5.47. The highest BCUT2D eigenvalue weighted by Crippen LogP contribution is 2.29. The van der Waals surface area contributed by atoms with E-state index in [9.17, 15) is 4.79 Å². The Kier molecular flexibility index (Phi) is 5.28. The number of carbonyl (C=O) groups excluding carboxylic acids is 1. The molecule has 1 amide bonds. The van der Waals surface area contributed by atoms with Crippen LogP contribution >= 0.6 is 35.0 Å². The average Bonchev–Trinajstić information content (AvgIpc) is 2.90. The molecule has 1 aromatic carbocycles. The van der Waals surface area contributed by atoms with Crippen LogP contribution in [0.4, 0.5) is 5.69 Å². The van der Waals surface area contributed by atoms with E-state index in [2.05, 4.69) is 15.5 Å². The summed E-state index contributed by atoms with van der Waals surface area (Å²) in [6.45, 7) is 1.91. The van der Waals surface area contributed by atoms with Crippen molar-refractivity contribution < 1.29 is 9.21 Å². The Morgan fingerprint density at radius 3 is 2.90 bits per heavy atom. The van der Waals surface area contributed by atoms with Gasteiger partial charge in [0.25, 0.3) is 5.22 Å². The third kappa shape index (κ3) is 3.88. The van der Waals surface area contributed by atoms with Gasteiger partial charge in [0.05, 0.1) is 21.5 Å². The summed E-state index contributed by atoms with van der Waals surface area (Å²) in [5.74, 6) is 0.468. The zero-order valence-electron chi connectivity index (χ0n) is 10.5. The molecule has 106 valence electrons. The first-order chi connectivity index (χ1) is 9.60. The van der Waals surface area contributed by atoms with E-state index in [0.717, 1.165) is 0 Å². The number of aryl methyl sites for hydroxylation is 1. The Hall–Kier alpha value is -1.24. The van der Waals surface area contributed by atoms with Gasteiger partial charge >= 0.3 is 0 Å². The van der Waals surface area contributed by atoms with Crippen LogP contribution in [-0.4, -0.2) is 21.9 Å². The maximum absolute atomic E-state index is 11.8. The van der Waals surface area contributed by atoms with Gasteiger partial charge in [0, 0.05) is 6.42 Å². The predicted molar refractivity (Wildman–Crippen MR) is 79.5 cm³/mol. The van der Waals surface area contributed by atoms with E-state index in [-0.39, 0.29) is 11.7 Å². The molecule has 0 aliphatic rings. The molecule has 20 heavy (non-hydrogen) atoms. The minimum Gasteiger partial charge on any atom is -0.416 e. The van der Waals surface area contributed by atoms with Gasteiger partial charge in [-0.15, -0.1) is 10.2 Å². The standard InChI is InChI=1S/C12H11Cl2N3O2S/c1-2-10-16-17-12(19-10)20-6-9(18)15-8-5-3-4-7(13)11(8)14/h3-5H,2,6H2,1H3,(H,15,18). The quantitative estimate of drug-likeness (QED) is 0.846. The molecule has 0 saturated carbocycles. The number of hydrogen-bond donors (Lipinski definition) is 1. The first kappa shape index (κ1) is 15.2. The van der Waals surface area contributed by atoms with Gasteiger partial charge < -0.3 is 9.73 Å². The van der Waals surface area contributed by atoms with Gasteiger partial charge in [-0.1, -0.05) is 48.0 Å². The molecule has 0 aliphatic heterocycles. The van der Waals surface area contributed by atoms with Gasteiger partial charge in [0.2, 0.25) is 11.8 Å². The summed E-state index contributed by atoms with van der Waals surface area (Å²) in [6, 6.07) is 5.04. The van der Waals surface area contributed by atoms with Crippen LogP contribution in [0.2, 0.25) is 10.0 Å². The summed E-state index contributed by atoms with van der Waals surface area (Å²) in [5, 5.41) is 11.4.